The van der Waals surface area contributed by atoms with Crippen LogP contribution in [0.4, 0.5) is 11.4 Å². The van der Waals surface area contributed by atoms with Crippen LogP contribution >= 0.6 is 45.2 Å². The summed E-state index contributed by atoms with van der Waals surface area (Å²) in [5.41, 5.74) is 2.87. The van der Waals surface area contributed by atoms with Gasteiger partial charge in [0.2, 0.25) is 23.6 Å². The number of anilines is 2. The summed E-state index contributed by atoms with van der Waals surface area (Å²) < 4.78 is 2.04. The molecule has 6 nitrogen and oxygen atoms in total. The van der Waals surface area contributed by atoms with Gasteiger partial charge in [-0.1, -0.05) is 12.2 Å². The predicted octanol–water partition coefficient (Wildman–Crippen LogP) is 4.24. The quantitative estimate of drug-likeness (QED) is 0.271. The fourth-order valence-electron chi connectivity index (χ4n) is 6.44. The lowest BCUT2D eigenvalue weighted by molar-refractivity contribution is -0.137. The normalized spacial score (nSPS) is 31.5. The second kappa shape index (κ2) is 7.71. The van der Waals surface area contributed by atoms with E-state index in [0.29, 0.717) is 11.4 Å². The van der Waals surface area contributed by atoms with E-state index in [9.17, 15) is 19.2 Å². The molecule has 2 aliphatic heterocycles. The molecule has 7 rings (SSSR count). The summed E-state index contributed by atoms with van der Waals surface area (Å²) in [6.45, 7) is 3.77. The molecule has 3 aliphatic carbocycles. The molecule has 8 heteroatoms. The number of allylic oxidation sites excluding steroid dienone is 2. The van der Waals surface area contributed by atoms with Crippen molar-refractivity contribution in [1.82, 2.24) is 0 Å². The number of nitrogens with zero attached hydrogens (tertiary/aromatic N) is 2. The first-order valence-electron chi connectivity index (χ1n) is 11.2. The minimum atomic E-state index is -0.614. The van der Waals surface area contributed by atoms with Crippen molar-refractivity contribution in [3.63, 3.8) is 0 Å². The van der Waals surface area contributed by atoms with Gasteiger partial charge >= 0.3 is 0 Å². The summed E-state index contributed by atoms with van der Waals surface area (Å²) >= 11 is 4.40. The Balaban J connectivity index is 1.41. The summed E-state index contributed by atoms with van der Waals surface area (Å²) in [5, 5.41) is 0. The maximum Gasteiger partial charge on any atom is 0.238 e. The fraction of sp³-hybridized carbons (Fsp3) is 0.308. The monoisotopic (exact) mass is 678 g/mol. The lowest BCUT2D eigenvalue weighted by Crippen LogP contribution is -2.50. The standard InChI is InChI=1S/C26H20I2N2O4/c1-11-9-13(27)3-7-17(11)29-23(31)19-15-5-6-16(20(19)24(29)32)22-21(15)25(33)30(26(22)34)18-8-4-14(28)10-12(18)2/h3-10,15-16,19-22H,1-2H3/t15?,16?,19-,20+,21-,22+. The van der Waals surface area contributed by atoms with E-state index in [4.69, 9.17) is 0 Å². The first-order valence-corrected chi connectivity index (χ1v) is 13.3. The summed E-state index contributed by atoms with van der Waals surface area (Å²) in [4.78, 5) is 57.2. The minimum absolute atomic E-state index is 0.263. The molecule has 0 spiro atoms. The molecule has 0 unspecified atom stereocenters. The molecule has 0 aromatic heterocycles. The van der Waals surface area contributed by atoms with Crippen molar-refractivity contribution in [2.75, 3.05) is 9.80 Å². The highest BCUT2D eigenvalue weighted by atomic mass is 127. The third-order valence-corrected chi connectivity index (χ3v) is 9.15. The van der Waals surface area contributed by atoms with Crippen LogP contribution in [0.5, 0.6) is 0 Å². The molecule has 5 aliphatic rings. The average molecular weight is 678 g/mol. The van der Waals surface area contributed by atoms with Crippen LogP contribution < -0.4 is 9.80 Å². The van der Waals surface area contributed by atoms with Gasteiger partial charge in [0.15, 0.2) is 0 Å². The van der Waals surface area contributed by atoms with Crippen molar-refractivity contribution in [2.24, 2.45) is 35.5 Å². The molecule has 34 heavy (non-hydrogen) atoms. The van der Waals surface area contributed by atoms with Crippen molar-refractivity contribution in [3.8, 4) is 0 Å². The smallest absolute Gasteiger partial charge is 0.238 e. The van der Waals surface area contributed by atoms with E-state index in [0.717, 1.165) is 18.3 Å². The molecule has 1 saturated carbocycles. The highest BCUT2D eigenvalue weighted by Crippen LogP contribution is 2.58. The van der Waals surface area contributed by atoms with Gasteiger partial charge in [0.25, 0.3) is 0 Å². The Morgan fingerprint density at radius 1 is 0.588 bits per heavy atom. The van der Waals surface area contributed by atoms with E-state index < -0.39 is 35.5 Å². The third kappa shape index (κ3) is 2.90. The Labute approximate surface area is 224 Å². The van der Waals surface area contributed by atoms with E-state index in [-0.39, 0.29) is 23.6 Å². The van der Waals surface area contributed by atoms with Crippen LogP contribution in [0.25, 0.3) is 0 Å². The first kappa shape index (κ1) is 22.4. The van der Waals surface area contributed by atoms with E-state index >= 15 is 0 Å². The van der Waals surface area contributed by atoms with Crippen molar-refractivity contribution in [1.29, 1.82) is 0 Å². The molecule has 2 saturated heterocycles. The number of hydrogen-bond acceptors (Lipinski definition) is 4. The van der Waals surface area contributed by atoms with Crippen molar-refractivity contribution in [2.45, 2.75) is 13.8 Å². The number of carbonyl (C=O) groups is 4. The van der Waals surface area contributed by atoms with E-state index in [2.05, 4.69) is 45.2 Å². The number of halogens is 2. The number of imide groups is 2. The van der Waals surface area contributed by atoms with Crippen LogP contribution in [-0.4, -0.2) is 23.6 Å². The van der Waals surface area contributed by atoms with Crippen LogP contribution in [0.2, 0.25) is 0 Å². The predicted molar refractivity (Wildman–Crippen MR) is 143 cm³/mol. The zero-order chi connectivity index (χ0) is 24.0. The zero-order valence-electron chi connectivity index (χ0n) is 18.4. The first-order chi connectivity index (χ1) is 16.2. The Bertz CT molecular complexity index is 1210. The maximum atomic E-state index is 13.7. The molecule has 2 aromatic rings. The lowest BCUT2D eigenvalue weighted by atomic mass is 9.54. The summed E-state index contributed by atoms with van der Waals surface area (Å²) in [6, 6.07) is 11.2. The van der Waals surface area contributed by atoms with Gasteiger partial charge in [-0.2, -0.15) is 0 Å². The Morgan fingerprint density at radius 2 is 0.912 bits per heavy atom. The molecule has 3 fully saturated rings. The van der Waals surface area contributed by atoms with Gasteiger partial charge in [0.05, 0.1) is 35.0 Å². The second-order valence-corrected chi connectivity index (χ2v) is 12.0. The van der Waals surface area contributed by atoms with Gasteiger partial charge in [-0.15, -0.1) is 0 Å². The molecule has 2 heterocycles. The topological polar surface area (TPSA) is 74.8 Å². The molecule has 4 atom stereocenters. The van der Waals surface area contributed by atoms with Crippen LogP contribution in [0.1, 0.15) is 11.1 Å². The van der Waals surface area contributed by atoms with Gasteiger partial charge < -0.3 is 0 Å². The number of carbonyl (C=O) groups excluding carboxylic acids is 4. The molecule has 0 N–H and O–H groups in total. The molecule has 172 valence electrons. The Morgan fingerprint density at radius 3 is 1.21 bits per heavy atom. The summed E-state index contributed by atoms with van der Waals surface area (Å²) in [6.07, 6.45) is 3.80. The van der Waals surface area contributed by atoms with Gasteiger partial charge in [-0.05, 0) is 107 Å². The maximum absolute atomic E-state index is 13.7. The average Bonchev–Trinajstić information content (AvgIpc) is 3.22. The summed E-state index contributed by atoms with van der Waals surface area (Å²) in [7, 11) is 0. The van der Waals surface area contributed by atoms with E-state index in [1.807, 2.05) is 50.3 Å². The van der Waals surface area contributed by atoms with E-state index in [1.165, 1.54) is 9.80 Å². The lowest BCUT2D eigenvalue weighted by Gasteiger charge is -2.44. The Kier molecular flexibility index (Phi) is 5.08. The van der Waals surface area contributed by atoms with Crippen LogP contribution in [0, 0.1) is 56.5 Å². The van der Waals surface area contributed by atoms with Crippen LogP contribution in [0.15, 0.2) is 48.6 Å². The van der Waals surface area contributed by atoms with Gasteiger partial charge in [0.1, 0.15) is 0 Å². The zero-order valence-corrected chi connectivity index (χ0v) is 22.7. The highest BCUT2D eigenvalue weighted by Gasteiger charge is 2.69. The van der Waals surface area contributed by atoms with Gasteiger partial charge in [-0.3, -0.25) is 19.2 Å². The SMILES string of the molecule is Cc1cc(I)ccc1N1C(=O)[C@@H]2C3C=CC([C@@H]2C1=O)[C@@H]1C(=O)N(c2ccc(I)cc2C)C(=O)[C@H]31. The van der Waals surface area contributed by atoms with Crippen molar-refractivity contribution in [3.05, 3.63) is 66.8 Å². The van der Waals surface area contributed by atoms with E-state index in [1.54, 1.807) is 12.1 Å². The molecule has 0 radical (unpaired) electrons. The number of aryl methyl sites for hydroxylation is 2. The number of hydrogen-bond donors (Lipinski definition) is 0. The second-order valence-electron chi connectivity index (χ2n) is 9.53. The third-order valence-electron chi connectivity index (χ3n) is 7.81. The summed E-state index contributed by atoms with van der Waals surface area (Å²) in [5.74, 6) is -4.43. The molecule has 2 bridgehead atoms. The van der Waals surface area contributed by atoms with Crippen molar-refractivity contribution >= 4 is 80.2 Å². The molecule has 4 amide bonds. The number of amides is 4. The van der Waals surface area contributed by atoms with Gasteiger partial charge in [0, 0.05) is 19.0 Å². The fourth-order valence-corrected chi connectivity index (χ4v) is 7.73. The van der Waals surface area contributed by atoms with Crippen LogP contribution in [0.3, 0.4) is 0 Å². The van der Waals surface area contributed by atoms with Crippen LogP contribution in [-0.2, 0) is 19.2 Å². The molecule has 2 aromatic carbocycles. The highest BCUT2D eigenvalue weighted by molar-refractivity contribution is 14.1. The number of rotatable bonds is 2. The molecular weight excluding hydrogens is 658 g/mol. The Hall–Kier alpha value is -2.08. The van der Waals surface area contributed by atoms with Crippen molar-refractivity contribution < 1.29 is 19.2 Å². The number of benzene rings is 2. The minimum Gasteiger partial charge on any atom is -0.274 e. The largest absolute Gasteiger partial charge is 0.274 e. The molecular formula is C26H20I2N2O4. The van der Waals surface area contributed by atoms with Gasteiger partial charge in [-0.25, -0.2) is 9.80 Å².